The summed E-state index contributed by atoms with van der Waals surface area (Å²) in [5.74, 6) is 1.46. The predicted molar refractivity (Wildman–Crippen MR) is 90.8 cm³/mol. The number of aryl methyl sites for hydroxylation is 1. The zero-order valence-electron chi connectivity index (χ0n) is 15.4. The molecule has 0 bridgehead atoms. The highest BCUT2D eigenvalue weighted by molar-refractivity contribution is 5.76. The first kappa shape index (κ1) is 18.9. The third-order valence-corrected chi connectivity index (χ3v) is 4.23. The molecule has 1 fully saturated rings. The molecule has 0 aliphatic carbocycles. The highest BCUT2D eigenvalue weighted by Gasteiger charge is 2.25. The first-order valence-electron chi connectivity index (χ1n) is 8.83. The fourth-order valence-electron chi connectivity index (χ4n) is 2.88. The number of nitrogens with zero attached hydrogens (tertiary/aromatic N) is 3. The van der Waals surface area contributed by atoms with Gasteiger partial charge < -0.3 is 14.6 Å². The number of nitrogens with one attached hydrogen (secondary N) is 1. The molecule has 1 N–H and O–H groups in total. The Morgan fingerprint density at radius 3 is 2.54 bits per heavy atom. The smallest absolute Gasteiger partial charge is 0.227 e. The Morgan fingerprint density at radius 2 is 1.96 bits per heavy atom. The van der Waals surface area contributed by atoms with Gasteiger partial charge in [0.2, 0.25) is 11.8 Å². The first-order valence-corrected chi connectivity index (χ1v) is 8.83. The van der Waals surface area contributed by atoms with E-state index in [0.29, 0.717) is 37.1 Å². The maximum absolute atomic E-state index is 12.0. The van der Waals surface area contributed by atoms with Crippen LogP contribution in [-0.2, 0) is 16.0 Å². The third-order valence-electron chi connectivity index (χ3n) is 4.23. The summed E-state index contributed by atoms with van der Waals surface area (Å²) in [7, 11) is 0. The molecule has 3 atom stereocenters. The van der Waals surface area contributed by atoms with E-state index in [1.807, 2.05) is 13.8 Å². The van der Waals surface area contributed by atoms with E-state index in [-0.39, 0.29) is 24.0 Å². The molecule has 2 rings (SSSR count). The quantitative estimate of drug-likeness (QED) is 0.816. The predicted octanol–water partition coefficient (Wildman–Crippen LogP) is 1.74. The van der Waals surface area contributed by atoms with E-state index in [4.69, 9.17) is 9.26 Å². The van der Waals surface area contributed by atoms with Gasteiger partial charge in [0.1, 0.15) is 0 Å². The van der Waals surface area contributed by atoms with Gasteiger partial charge >= 0.3 is 0 Å². The number of amides is 1. The van der Waals surface area contributed by atoms with Crippen molar-refractivity contribution < 1.29 is 14.1 Å². The van der Waals surface area contributed by atoms with Gasteiger partial charge in [-0.2, -0.15) is 4.98 Å². The van der Waals surface area contributed by atoms with Crippen molar-refractivity contribution >= 4 is 5.91 Å². The van der Waals surface area contributed by atoms with Crippen molar-refractivity contribution in [2.24, 2.45) is 0 Å². The highest BCUT2D eigenvalue weighted by atomic mass is 16.5. The Hall–Kier alpha value is -1.47. The summed E-state index contributed by atoms with van der Waals surface area (Å²) in [6, 6.07) is 0.290. The van der Waals surface area contributed by atoms with Crippen LogP contribution in [0.4, 0.5) is 0 Å². The van der Waals surface area contributed by atoms with Crippen LogP contribution in [0.3, 0.4) is 0 Å². The minimum Gasteiger partial charge on any atom is -0.373 e. The number of rotatable bonds is 7. The molecule has 0 aromatic carbocycles. The number of hydrogen-bond acceptors (Lipinski definition) is 6. The van der Waals surface area contributed by atoms with Crippen molar-refractivity contribution in [3.05, 3.63) is 11.7 Å². The zero-order chi connectivity index (χ0) is 17.7. The monoisotopic (exact) mass is 338 g/mol. The van der Waals surface area contributed by atoms with Gasteiger partial charge in [-0.1, -0.05) is 19.0 Å². The lowest BCUT2D eigenvalue weighted by Crippen LogP contribution is -2.52. The molecule has 1 aromatic rings. The number of morpholine rings is 1. The maximum Gasteiger partial charge on any atom is 0.227 e. The third kappa shape index (κ3) is 5.56. The molecule has 2 heterocycles. The average molecular weight is 338 g/mol. The summed E-state index contributed by atoms with van der Waals surface area (Å²) in [4.78, 5) is 18.7. The lowest BCUT2D eigenvalue weighted by molar-refractivity contribution is -0.121. The van der Waals surface area contributed by atoms with Gasteiger partial charge in [0.25, 0.3) is 0 Å². The Bertz CT molecular complexity index is 522. The Balaban J connectivity index is 1.70. The van der Waals surface area contributed by atoms with E-state index in [1.54, 1.807) is 0 Å². The number of carbonyl (C=O) groups excluding carboxylic acids is 1. The summed E-state index contributed by atoms with van der Waals surface area (Å²) in [6.45, 7) is 12.8. The van der Waals surface area contributed by atoms with Crippen LogP contribution in [0.5, 0.6) is 0 Å². The van der Waals surface area contributed by atoms with E-state index in [9.17, 15) is 4.79 Å². The lowest BCUT2D eigenvalue weighted by Gasteiger charge is -2.39. The van der Waals surface area contributed by atoms with Gasteiger partial charge in [0, 0.05) is 44.4 Å². The minimum absolute atomic E-state index is 0.0144. The normalized spacial score (nSPS) is 23.4. The van der Waals surface area contributed by atoms with Crippen molar-refractivity contribution in [1.82, 2.24) is 20.4 Å². The van der Waals surface area contributed by atoms with Crippen LogP contribution >= 0.6 is 0 Å². The molecular formula is C17H30N4O3. The molecular weight excluding hydrogens is 308 g/mol. The molecule has 1 saturated heterocycles. The van der Waals surface area contributed by atoms with Crippen LogP contribution < -0.4 is 5.32 Å². The van der Waals surface area contributed by atoms with Crippen molar-refractivity contribution in [3.63, 3.8) is 0 Å². The van der Waals surface area contributed by atoms with Crippen LogP contribution in [0, 0.1) is 0 Å². The second-order valence-corrected chi connectivity index (χ2v) is 7.07. The van der Waals surface area contributed by atoms with Crippen molar-refractivity contribution in [3.8, 4) is 0 Å². The highest BCUT2D eigenvalue weighted by Crippen LogP contribution is 2.13. The molecule has 136 valence electrons. The molecule has 7 heteroatoms. The van der Waals surface area contributed by atoms with Crippen molar-refractivity contribution in [1.29, 1.82) is 0 Å². The SMILES string of the molecule is CC(C)c1noc(CCC(=O)NC[C@H](C)N2C[C@@H](C)O[C@H](C)C2)n1. The second kappa shape index (κ2) is 8.58. The summed E-state index contributed by atoms with van der Waals surface area (Å²) < 4.78 is 10.9. The molecule has 1 aromatic heterocycles. The van der Waals surface area contributed by atoms with E-state index in [2.05, 4.69) is 41.1 Å². The van der Waals surface area contributed by atoms with Gasteiger partial charge in [-0.05, 0) is 20.8 Å². The lowest BCUT2D eigenvalue weighted by atomic mass is 10.1. The summed E-state index contributed by atoms with van der Waals surface area (Å²) in [6.07, 6.45) is 1.31. The molecule has 0 saturated carbocycles. The van der Waals surface area contributed by atoms with Crippen LogP contribution in [0.25, 0.3) is 0 Å². The molecule has 0 unspecified atom stereocenters. The maximum atomic E-state index is 12.0. The molecule has 1 aliphatic heterocycles. The molecule has 7 nitrogen and oxygen atoms in total. The van der Waals surface area contributed by atoms with E-state index in [1.165, 1.54) is 0 Å². The minimum atomic E-state index is 0.0144. The topological polar surface area (TPSA) is 80.5 Å². The number of carbonyl (C=O) groups is 1. The van der Waals surface area contributed by atoms with Gasteiger partial charge in [-0.15, -0.1) is 0 Å². The molecule has 24 heavy (non-hydrogen) atoms. The van der Waals surface area contributed by atoms with Gasteiger partial charge in [0.15, 0.2) is 5.82 Å². The zero-order valence-corrected chi connectivity index (χ0v) is 15.4. The van der Waals surface area contributed by atoms with Crippen LogP contribution in [-0.4, -0.2) is 58.8 Å². The number of ether oxygens (including phenoxy) is 1. The summed E-state index contributed by atoms with van der Waals surface area (Å²) in [5, 5.41) is 6.90. The van der Waals surface area contributed by atoms with Gasteiger partial charge in [0.05, 0.1) is 12.2 Å². The molecule has 1 aliphatic rings. The second-order valence-electron chi connectivity index (χ2n) is 7.07. The van der Waals surface area contributed by atoms with Crippen LogP contribution in [0.1, 0.15) is 58.7 Å². The van der Waals surface area contributed by atoms with Crippen molar-refractivity contribution in [2.45, 2.75) is 71.6 Å². The summed E-state index contributed by atoms with van der Waals surface area (Å²) in [5.41, 5.74) is 0. The number of aromatic nitrogens is 2. The van der Waals surface area contributed by atoms with Crippen molar-refractivity contribution in [2.75, 3.05) is 19.6 Å². The Kier molecular flexibility index (Phi) is 6.74. The van der Waals surface area contributed by atoms with Crippen LogP contribution in [0.15, 0.2) is 4.52 Å². The largest absolute Gasteiger partial charge is 0.373 e. The summed E-state index contributed by atoms with van der Waals surface area (Å²) >= 11 is 0. The first-order chi connectivity index (χ1) is 11.3. The van der Waals surface area contributed by atoms with Gasteiger partial charge in [-0.3, -0.25) is 9.69 Å². The van der Waals surface area contributed by atoms with E-state index in [0.717, 1.165) is 13.1 Å². The average Bonchev–Trinajstić information content (AvgIpc) is 2.98. The number of hydrogen-bond donors (Lipinski definition) is 1. The fraction of sp³-hybridized carbons (Fsp3) is 0.824. The Morgan fingerprint density at radius 1 is 1.29 bits per heavy atom. The molecule has 0 spiro atoms. The van der Waals surface area contributed by atoms with Crippen LogP contribution in [0.2, 0.25) is 0 Å². The van der Waals surface area contributed by atoms with E-state index < -0.39 is 0 Å². The molecule has 0 radical (unpaired) electrons. The standard InChI is InChI=1S/C17H30N4O3/c1-11(2)17-19-16(24-20-17)7-6-15(22)18-8-12(3)21-9-13(4)23-14(5)10-21/h11-14H,6-10H2,1-5H3,(H,18,22)/t12-,13+,14+/m0/s1. The van der Waals surface area contributed by atoms with Gasteiger partial charge in [-0.25, -0.2) is 0 Å². The van der Waals surface area contributed by atoms with E-state index >= 15 is 0 Å². The fourth-order valence-corrected chi connectivity index (χ4v) is 2.88. The molecule has 1 amide bonds. The Labute approximate surface area is 144 Å².